The number of rotatable bonds is 5. The van der Waals surface area contributed by atoms with Crippen LogP contribution in [0, 0.1) is 11.3 Å². The van der Waals surface area contributed by atoms with Crippen molar-refractivity contribution in [2.24, 2.45) is 0 Å². The Morgan fingerprint density at radius 1 is 1.29 bits per heavy atom. The number of amides is 1. The molecule has 0 N–H and O–H groups in total. The summed E-state index contributed by atoms with van der Waals surface area (Å²) in [6.07, 6.45) is 2.44. The second kappa shape index (κ2) is 8.19. The minimum absolute atomic E-state index is 0.0662. The number of hydrogen-bond donors (Lipinski definition) is 0. The first-order valence-electron chi connectivity index (χ1n) is 8.97. The van der Waals surface area contributed by atoms with Crippen molar-refractivity contribution in [2.75, 3.05) is 31.1 Å². The molecular formula is C19H18N6O2S. The Morgan fingerprint density at radius 3 is 2.89 bits per heavy atom. The molecule has 0 atom stereocenters. The monoisotopic (exact) mass is 394 g/mol. The van der Waals surface area contributed by atoms with Gasteiger partial charge < -0.3 is 14.3 Å². The minimum Gasteiger partial charge on any atom is -0.352 e. The number of carbonyl (C=O) groups excluding carboxylic acids is 1. The van der Waals surface area contributed by atoms with E-state index in [1.165, 1.54) is 0 Å². The molecule has 3 aromatic rings. The predicted octanol–water partition coefficient (Wildman–Crippen LogP) is 2.35. The molecule has 4 rings (SSSR count). The van der Waals surface area contributed by atoms with Crippen LogP contribution in [0.1, 0.15) is 17.9 Å². The highest BCUT2D eigenvalue weighted by atomic mass is 32.1. The molecule has 0 radical (unpaired) electrons. The number of aromatic nitrogens is 3. The van der Waals surface area contributed by atoms with Crippen LogP contribution in [0.15, 0.2) is 39.7 Å². The van der Waals surface area contributed by atoms with E-state index in [0.717, 1.165) is 5.56 Å². The third-order valence-corrected chi connectivity index (χ3v) is 5.32. The minimum atomic E-state index is 0.0662. The lowest BCUT2D eigenvalue weighted by atomic mass is 10.2. The molecule has 3 aromatic heterocycles. The molecule has 1 fully saturated rings. The number of nitrogens with zero attached hydrogens (tertiary/aromatic N) is 6. The van der Waals surface area contributed by atoms with E-state index in [2.05, 4.69) is 21.2 Å². The number of thiophene rings is 1. The number of nitriles is 1. The molecule has 0 saturated carbocycles. The lowest BCUT2D eigenvalue weighted by Crippen LogP contribution is -2.49. The highest BCUT2D eigenvalue weighted by Gasteiger charge is 2.23. The van der Waals surface area contributed by atoms with Crippen LogP contribution in [-0.2, 0) is 11.2 Å². The summed E-state index contributed by atoms with van der Waals surface area (Å²) in [5.41, 5.74) is 1.48. The van der Waals surface area contributed by atoms with Gasteiger partial charge in [-0.1, -0.05) is 5.16 Å². The van der Waals surface area contributed by atoms with Crippen molar-refractivity contribution in [1.82, 2.24) is 20.0 Å². The fourth-order valence-corrected chi connectivity index (χ4v) is 3.78. The Bertz CT molecular complexity index is 986. The van der Waals surface area contributed by atoms with E-state index in [1.54, 1.807) is 29.7 Å². The van der Waals surface area contributed by atoms with E-state index in [0.29, 0.717) is 62.1 Å². The Hall–Kier alpha value is -3.25. The van der Waals surface area contributed by atoms with Gasteiger partial charge in [-0.2, -0.15) is 21.6 Å². The summed E-state index contributed by atoms with van der Waals surface area (Å²) >= 11 is 1.57. The first kappa shape index (κ1) is 18.1. The van der Waals surface area contributed by atoms with Gasteiger partial charge in [0.15, 0.2) is 0 Å². The second-order valence-corrected chi connectivity index (χ2v) is 7.16. The zero-order valence-corrected chi connectivity index (χ0v) is 15.9. The average Bonchev–Trinajstić information content (AvgIpc) is 3.44. The molecule has 1 amide bonds. The number of hydrogen-bond acceptors (Lipinski definition) is 8. The largest absolute Gasteiger partial charge is 0.352 e. The van der Waals surface area contributed by atoms with Crippen molar-refractivity contribution in [1.29, 1.82) is 5.26 Å². The normalized spacial score (nSPS) is 14.1. The van der Waals surface area contributed by atoms with Crippen molar-refractivity contribution < 1.29 is 9.32 Å². The quantitative estimate of drug-likeness (QED) is 0.655. The summed E-state index contributed by atoms with van der Waals surface area (Å²) < 4.78 is 5.25. The van der Waals surface area contributed by atoms with Crippen LogP contribution in [0.5, 0.6) is 0 Å². The topological polar surface area (TPSA) is 99.2 Å². The number of pyridine rings is 1. The maximum atomic E-state index is 12.5. The van der Waals surface area contributed by atoms with Crippen molar-refractivity contribution in [3.8, 4) is 17.5 Å². The van der Waals surface area contributed by atoms with E-state index < -0.39 is 0 Å². The fourth-order valence-electron chi connectivity index (χ4n) is 3.14. The van der Waals surface area contributed by atoms with Crippen LogP contribution < -0.4 is 4.90 Å². The van der Waals surface area contributed by atoms with Gasteiger partial charge in [0.05, 0.1) is 5.56 Å². The van der Waals surface area contributed by atoms with Crippen molar-refractivity contribution >= 4 is 23.1 Å². The fraction of sp³-hybridized carbons (Fsp3) is 0.316. The Balaban J connectivity index is 1.29. The van der Waals surface area contributed by atoms with Crippen LogP contribution in [0.25, 0.3) is 11.4 Å². The molecule has 0 aromatic carbocycles. The maximum Gasteiger partial charge on any atom is 0.227 e. The summed E-state index contributed by atoms with van der Waals surface area (Å²) in [4.78, 5) is 25.1. The van der Waals surface area contributed by atoms with Crippen LogP contribution in [0.2, 0.25) is 0 Å². The van der Waals surface area contributed by atoms with E-state index in [1.807, 2.05) is 26.6 Å². The third-order valence-electron chi connectivity index (χ3n) is 4.64. The van der Waals surface area contributed by atoms with Crippen molar-refractivity contribution in [3.63, 3.8) is 0 Å². The molecule has 28 heavy (non-hydrogen) atoms. The van der Waals surface area contributed by atoms with Gasteiger partial charge in [-0.15, -0.1) is 0 Å². The standard InChI is InChI=1S/C19H18N6O2S/c20-12-14-2-1-6-21-19(14)25-9-7-24(8-10-25)17(26)4-3-16-22-18(23-27-16)15-5-11-28-13-15/h1-2,5-6,11,13H,3-4,7-10H2. The summed E-state index contributed by atoms with van der Waals surface area (Å²) in [5, 5.41) is 17.1. The molecule has 1 aliphatic heterocycles. The van der Waals surface area contributed by atoms with Gasteiger partial charge in [-0.25, -0.2) is 4.98 Å². The molecule has 0 unspecified atom stereocenters. The zero-order chi connectivity index (χ0) is 19.3. The van der Waals surface area contributed by atoms with E-state index in [-0.39, 0.29) is 5.91 Å². The number of aryl methyl sites for hydroxylation is 1. The van der Waals surface area contributed by atoms with Crippen LogP contribution >= 0.6 is 11.3 Å². The molecule has 142 valence electrons. The molecule has 1 saturated heterocycles. The SMILES string of the molecule is N#Cc1cccnc1N1CCN(C(=O)CCc2nc(-c3ccsc3)no2)CC1. The molecular weight excluding hydrogens is 376 g/mol. The first-order chi connectivity index (χ1) is 13.7. The Morgan fingerprint density at radius 2 is 2.14 bits per heavy atom. The van der Waals surface area contributed by atoms with Gasteiger partial charge in [0.1, 0.15) is 11.9 Å². The zero-order valence-electron chi connectivity index (χ0n) is 15.1. The maximum absolute atomic E-state index is 12.5. The van der Waals surface area contributed by atoms with Crippen LogP contribution in [-0.4, -0.2) is 52.1 Å². The van der Waals surface area contributed by atoms with E-state index in [9.17, 15) is 10.1 Å². The molecule has 0 bridgehead atoms. The summed E-state index contributed by atoms with van der Waals surface area (Å²) in [6, 6.07) is 7.62. The summed E-state index contributed by atoms with van der Waals surface area (Å²) in [5.74, 6) is 1.78. The molecule has 0 aliphatic carbocycles. The van der Waals surface area contributed by atoms with Gasteiger partial charge in [-0.3, -0.25) is 4.79 Å². The van der Waals surface area contributed by atoms with Gasteiger partial charge in [-0.05, 0) is 23.6 Å². The first-order valence-corrected chi connectivity index (χ1v) is 9.92. The van der Waals surface area contributed by atoms with Crippen LogP contribution in [0.4, 0.5) is 5.82 Å². The van der Waals surface area contributed by atoms with Gasteiger partial charge in [0.25, 0.3) is 0 Å². The van der Waals surface area contributed by atoms with Crippen LogP contribution in [0.3, 0.4) is 0 Å². The molecule has 9 heteroatoms. The molecule has 4 heterocycles. The highest BCUT2D eigenvalue weighted by molar-refractivity contribution is 7.08. The number of piperazine rings is 1. The number of carbonyl (C=O) groups is 1. The summed E-state index contributed by atoms with van der Waals surface area (Å²) in [7, 11) is 0. The van der Waals surface area contributed by atoms with E-state index >= 15 is 0 Å². The Kier molecular flexibility index (Phi) is 5.30. The predicted molar refractivity (Wildman–Crippen MR) is 104 cm³/mol. The lowest BCUT2D eigenvalue weighted by Gasteiger charge is -2.35. The Labute approximate surface area is 166 Å². The molecule has 0 spiro atoms. The molecule has 1 aliphatic rings. The second-order valence-electron chi connectivity index (χ2n) is 6.38. The molecule has 8 nitrogen and oxygen atoms in total. The van der Waals surface area contributed by atoms with E-state index in [4.69, 9.17) is 4.52 Å². The highest BCUT2D eigenvalue weighted by Crippen LogP contribution is 2.20. The van der Waals surface area contributed by atoms with Crippen molar-refractivity contribution in [2.45, 2.75) is 12.8 Å². The smallest absolute Gasteiger partial charge is 0.227 e. The van der Waals surface area contributed by atoms with Gasteiger partial charge >= 0.3 is 0 Å². The third kappa shape index (κ3) is 3.87. The lowest BCUT2D eigenvalue weighted by molar-refractivity contribution is -0.131. The summed E-state index contributed by atoms with van der Waals surface area (Å²) in [6.45, 7) is 2.51. The van der Waals surface area contributed by atoms with Crippen molar-refractivity contribution in [3.05, 3.63) is 46.6 Å². The van der Waals surface area contributed by atoms with Gasteiger partial charge in [0.2, 0.25) is 17.6 Å². The van der Waals surface area contributed by atoms with Gasteiger partial charge in [0, 0.05) is 56.2 Å². The number of anilines is 1. The average molecular weight is 394 g/mol.